The van der Waals surface area contributed by atoms with E-state index in [-0.39, 0.29) is 6.10 Å². The monoisotopic (exact) mass is 140 g/mol. The van der Waals surface area contributed by atoms with E-state index in [0.717, 1.165) is 12.2 Å². The van der Waals surface area contributed by atoms with E-state index in [0.29, 0.717) is 0 Å². The minimum Gasteiger partial charge on any atom is -0.497 e. The molecule has 10 heavy (non-hydrogen) atoms. The van der Waals surface area contributed by atoms with Gasteiger partial charge in [0.2, 0.25) is 0 Å². The minimum atomic E-state index is 0.194. The van der Waals surface area contributed by atoms with Crippen molar-refractivity contribution in [1.29, 1.82) is 0 Å². The first-order chi connectivity index (χ1) is 4.86. The van der Waals surface area contributed by atoms with Crippen molar-refractivity contribution in [2.75, 3.05) is 14.2 Å². The Morgan fingerprint density at radius 2 is 2.30 bits per heavy atom. The van der Waals surface area contributed by atoms with Crippen LogP contribution in [0.3, 0.4) is 0 Å². The van der Waals surface area contributed by atoms with E-state index in [9.17, 15) is 0 Å². The molecule has 1 rings (SSSR count). The van der Waals surface area contributed by atoms with Crippen LogP contribution in [-0.4, -0.2) is 20.3 Å². The van der Waals surface area contributed by atoms with Crippen LogP contribution in [0.4, 0.5) is 0 Å². The smallest absolute Gasteiger partial charge is 0.117 e. The van der Waals surface area contributed by atoms with Gasteiger partial charge in [-0.15, -0.1) is 0 Å². The number of methoxy groups -OCH3 is 2. The van der Waals surface area contributed by atoms with Crippen LogP contribution < -0.4 is 0 Å². The van der Waals surface area contributed by atoms with Gasteiger partial charge in [-0.1, -0.05) is 6.08 Å². The first-order valence-corrected chi connectivity index (χ1v) is 3.32. The fraction of sp³-hybridized carbons (Fsp3) is 0.500. The number of ether oxygens (including phenoxy) is 2. The highest BCUT2D eigenvalue weighted by atomic mass is 16.5. The summed E-state index contributed by atoms with van der Waals surface area (Å²) < 4.78 is 10.1. The summed E-state index contributed by atoms with van der Waals surface area (Å²) in [4.78, 5) is 0. The fourth-order valence-corrected chi connectivity index (χ4v) is 0.925. The Bertz CT molecular complexity index is 159. The first-order valence-electron chi connectivity index (χ1n) is 3.32. The first kappa shape index (κ1) is 7.35. The van der Waals surface area contributed by atoms with Crippen LogP contribution in [-0.2, 0) is 9.47 Å². The normalized spacial score (nSPS) is 24.2. The van der Waals surface area contributed by atoms with Gasteiger partial charge in [0.1, 0.15) is 5.76 Å². The highest BCUT2D eigenvalue weighted by Crippen LogP contribution is 2.12. The molecule has 2 heteroatoms. The molecule has 0 bridgehead atoms. The number of hydrogen-bond donors (Lipinski definition) is 0. The average Bonchev–Trinajstić information content (AvgIpc) is 2.05. The third-order valence-electron chi connectivity index (χ3n) is 1.54. The molecule has 1 aliphatic carbocycles. The van der Waals surface area contributed by atoms with E-state index in [2.05, 4.69) is 0 Å². The van der Waals surface area contributed by atoms with Crippen molar-refractivity contribution in [2.24, 2.45) is 0 Å². The Morgan fingerprint density at radius 1 is 1.50 bits per heavy atom. The SMILES string of the molecule is COC1=CC(OC)CC=C1. The zero-order valence-corrected chi connectivity index (χ0v) is 6.33. The highest BCUT2D eigenvalue weighted by molar-refractivity contribution is 5.19. The molecule has 0 aromatic rings. The fourth-order valence-electron chi connectivity index (χ4n) is 0.925. The molecular formula is C8H12O2. The topological polar surface area (TPSA) is 18.5 Å². The molecule has 1 aliphatic rings. The van der Waals surface area contributed by atoms with Crippen LogP contribution in [0.2, 0.25) is 0 Å². The molecule has 1 atom stereocenters. The molecule has 0 amide bonds. The molecule has 0 saturated heterocycles. The second-order valence-electron chi connectivity index (χ2n) is 2.19. The van der Waals surface area contributed by atoms with Crippen molar-refractivity contribution in [3.63, 3.8) is 0 Å². The highest BCUT2D eigenvalue weighted by Gasteiger charge is 2.06. The average molecular weight is 140 g/mol. The van der Waals surface area contributed by atoms with Crippen molar-refractivity contribution >= 4 is 0 Å². The van der Waals surface area contributed by atoms with Crippen molar-refractivity contribution in [3.8, 4) is 0 Å². The largest absolute Gasteiger partial charge is 0.497 e. The molecule has 0 heterocycles. The molecule has 0 radical (unpaired) electrons. The van der Waals surface area contributed by atoms with Crippen molar-refractivity contribution in [2.45, 2.75) is 12.5 Å². The summed E-state index contributed by atoms with van der Waals surface area (Å²) in [7, 11) is 3.36. The minimum absolute atomic E-state index is 0.194. The maximum atomic E-state index is 5.12. The van der Waals surface area contributed by atoms with Gasteiger partial charge in [-0.2, -0.15) is 0 Å². The van der Waals surface area contributed by atoms with Crippen LogP contribution >= 0.6 is 0 Å². The van der Waals surface area contributed by atoms with E-state index in [1.807, 2.05) is 18.2 Å². The Balaban J connectivity index is 2.56. The van der Waals surface area contributed by atoms with Gasteiger partial charge >= 0.3 is 0 Å². The molecule has 0 spiro atoms. The van der Waals surface area contributed by atoms with Crippen LogP contribution in [0, 0.1) is 0 Å². The van der Waals surface area contributed by atoms with Gasteiger partial charge in [-0.05, 0) is 18.6 Å². The molecule has 0 N–H and O–H groups in total. The predicted octanol–water partition coefficient (Wildman–Crippen LogP) is 1.49. The lowest BCUT2D eigenvalue weighted by Gasteiger charge is -2.13. The molecule has 0 aromatic heterocycles. The molecule has 1 unspecified atom stereocenters. The van der Waals surface area contributed by atoms with Gasteiger partial charge in [0, 0.05) is 7.11 Å². The summed E-state index contributed by atoms with van der Waals surface area (Å²) in [6.45, 7) is 0. The van der Waals surface area contributed by atoms with E-state index in [1.54, 1.807) is 14.2 Å². The summed E-state index contributed by atoms with van der Waals surface area (Å²) in [5.74, 6) is 0.887. The third-order valence-corrected chi connectivity index (χ3v) is 1.54. The van der Waals surface area contributed by atoms with E-state index in [4.69, 9.17) is 9.47 Å². The van der Waals surface area contributed by atoms with Crippen LogP contribution in [0.25, 0.3) is 0 Å². The van der Waals surface area contributed by atoms with Crippen molar-refractivity contribution < 1.29 is 9.47 Å². The molecule has 2 nitrogen and oxygen atoms in total. The van der Waals surface area contributed by atoms with Gasteiger partial charge in [-0.25, -0.2) is 0 Å². The standard InChI is InChI=1S/C8H12O2/c1-9-7-4-3-5-8(6-7)10-2/h3-4,6,8H,5H2,1-2H3. The lowest BCUT2D eigenvalue weighted by atomic mass is 10.1. The predicted molar refractivity (Wildman–Crippen MR) is 39.6 cm³/mol. The Labute approximate surface area is 61.1 Å². The van der Waals surface area contributed by atoms with E-state index >= 15 is 0 Å². The molecule has 0 fully saturated rings. The summed E-state index contributed by atoms with van der Waals surface area (Å²) in [6.07, 6.45) is 7.12. The summed E-state index contributed by atoms with van der Waals surface area (Å²) in [6, 6.07) is 0. The Hall–Kier alpha value is -0.760. The summed E-state index contributed by atoms with van der Waals surface area (Å²) >= 11 is 0. The second kappa shape index (κ2) is 3.42. The zero-order valence-electron chi connectivity index (χ0n) is 6.33. The van der Waals surface area contributed by atoms with Crippen LogP contribution in [0.15, 0.2) is 24.0 Å². The van der Waals surface area contributed by atoms with Crippen molar-refractivity contribution in [1.82, 2.24) is 0 Å². The molecular weight excluding hydrogens is 128 g/mol. The summed E-state index contributed by atoms with van der Waals surface area (Å²) in [5, 5.41) is 0. The quantitative estimate of drug-likeness (QED) is 0.578. The van der Waals surface area contributed by atoms with Gasteiger partial charge < -0.3 is 9.47 Å². The lowest BCUT2D eigenvalue weighted by Crippen LogP contribution is -2.09. The van der Waals surface area contributed by atoms with Crippen LogP contribution in [0.5, 0.6) is 0 Å². The molecule has 0 aromatic carbocycles. The van der Waals surface area contributed by atoms with Gasteiger partial charge in [0.25, 0.3) is 0 Å². The molecule has 0 aliphatic heterocycles. The Kier molecular flexibility index (Phi) is 2.51. The van der Waals surface area contributed by atoms with Gasteiger partial charge in [-0.3, -0.25) is 0 Å². The molecule has 0 saturated carbocycles. The summed E-state index contributed by atoms with van der Waals surface area (Å²) in [5.41, 5.74) is 0. The Morgan fingerprint density at radius 3 is 2.90 bits per heavy atom. The maximum absolute atomic E-state index is 5.12. The number of allylic oxidation sites excluding steroid dienone is 1. The maximum Gasteiger partial charge on any atom is 0.117 e. The van der Waals surface area contributed by atoms with Crippen molar-refractivity contribution in [3.05, 3.63) is 24.0 Å². The third kappa shape index (κ3) is 1.61. The van der Waals surface area contributed by atoms with E-state index in [1.165, 1.54) is 0 Å². The number of hydrogen-bond acceptors (Lipinski definition) is 2. The van der Waals surface area contributed by atoms with Crippen LogP contribution in [0.1, 0.15) is 6.42 Å². The lowest BCUT2D eigenvalue weighted by molar-refractivity contribution is 0.136. The molecule has 56 valence electrons. The van der Waals surface area contributed by atoms with E-state index < -0.39 is 0 Å². The van der Waals surface area contributed by atoms with Gasteiger partial charge in [0.05, 0.1) is 13.2 Å². The zero-order chi connectivity index (χ0) is 7.40. The second-order valence-corrected chi connectivity index (χ2v) is 2.19. The number of rotatable bonds is 2. The van der Waals surface area contributed by atoms with Gasteiger partial charge in [0.15, 0.2) is 0 Å².